The quantitative estimate of drug-likeness (QED) is 0.200. The van der Waals surface area contributed by atoms with Gasteiger partial charge in [-0.15, -0.1) is 0 Å². The summed E-state index contributed by atoms with van der Waals surface area (Å²) in [5.41, 5.74) is 6.92. The number of hydrogen-bond acceptors (Lipinski definition) is 4. The zero-order valence-corrected chi connectivity index (χ0v) is 22.4. The lowest BCUT2D eigenvalue weighted by Crippen LogP contribution is -2.39. The Morgan fingerprint density at radius 2 is 1.24 bits per heavy atom. The molecule has 8 rings (SSSR count). The normalized spacial score (nSPS) is 19.6. The Hall–Kier alpha value is -5.06. The van der Waals surface area contributed by atoms with Crippen molar-refractivity contribution in [3.8, 4) is 5.75 Å². The van der Waals surface area contributed by atoms with Crippen LogP contribution in [0.1, 0.15) is 40.7 Å². The number of benzene rings is 6. The monoisotopic (exact) mass is 531 g/mol. The fourth-order valence-corrected chi connectivity index (χ4v) is 6.11. The number of hydrogen-bond donors (Lipinski definition) is 3. The van der Waals surface area contributed by atoms with Crippen LogP contribution in [-0.2, 0) is 0 Å². The molecule has 3 atom stereocenters. The maximum Gasteiger partial charge on any atom is 0.196 e. The zero-order chi connectivity index (χ0) is 27.2. The predicted octanol–water partition coefficient (Wildman–Crippen LogP) is 8.47. The molecule has 6 aromatic rings. The Kier molecular flexibility index (Phi) is 5.71. The summed E-state index contributed by atoms with van der Waals surface area (Å²) in [7, 11) is 0. The van der Waals surface area contributed by atoms with E-state index >= 15 is 0 Å². The maximum absolute atomic E-state index is 6.34. The van der Waals surface area contributed by atoms with Gasteiger partial charge in [0.2, 0.25) is 0 Å². The highest BCUT2D eigenvalue weighted by molar-refractivity contribution is 6.15. The van der Waals surface area contributed by atoms with Crippen LogP contribution in [0.2, 0.25) is 0 Å². The van der Waals surface area contributed by atoms with Gasteiger partial charge in [-0.3, -0.25) is 5.32 Å². The number of rotatable bonds is 4. The lowest BCUT2D eigenvalue weighted by atomic mass is 9.95. The summed E-state index contributed by atoms with van der Waals surface area (Å²) in [6.07, 6.45) is 2.04. The van der Waals surface area contributed by atoms with Crippen LogP contribution in [0, 0.1) is 0 Å². The first-order chi connectivity index (χ1) is 20.3. The van der Waals surface area contributed by atoms with Gasteiger partial charge in [-0.2, -0.15) is 0 Å². The highest BCUT2D eigenvalue weighted by Gasteiger charge is 2.27. The Bertz CT molecular complexity index is 1900. The molecule has 0 aliphatic carbocycles. The van der Waals surface area contributed by atoms with Crippen molar-refractivity contribution < 1.29 is 4.74 Å². The minimum Gasteiger partial charge on any atom is -0.464 e. The van der Waals surface area contributed by atoms with Gasteiger partial charge in [0.05, 0.1) is 11.7 Å². The van der Waals surface area contributed by atoms with E-state index < -0.39 is 0 Å². The molecule has 2 aliphatic rings. The van der Waals surface area contributed by atoms with Crippen LogP contribution in [0.3, 0.4) is 0 Å². The fraction of sp³-hybridized carbons (Fsp3) is 0.0811. The molecule has 0 radical (unpaired) electrons. The van der Waals surface area contributed by atoms with Crippen molar-refractivity contribution >= 4 is 32.9 Å². The summed E-state index contributed by atoms with van der Waals surface area (Å²) >= 11 is 0. The molecule has 0 saturated carbocycles. The summed E-state index contributed by atoms with van der Waals surface area (Å²) in [5.74, 6) is 0.891. The molecule has 3 unspecified atom stereocenters. The van der Waals surface area contributed by atoms with Crippen molar-refractivity contribution in [2.45, 2.75) is 18.4 Å². The summed E-state index contributed by atoms with van der Waals surface area (Å²) in [6, 6.07) is 47.1. The smallest absolute Gasteiger partial charge is 0.196 e. The fourth-order valence-electron chi connectivity index (χ4n) is 6.11. The molecular formula is C37H29N3O. The summed E-state index contributed by atoms with van der Waals surface area (Å²) < 4.78 is 6.34. The van der Waals surface area contributed by atoms with Gasteiger partial charge in [0.25, 0.3) is 0 Å². The van der Waals surface area contributed by atoms with E-state index in [1.807, 2.05) is 18.2 Å². The Morgan fingerprint density at radius 1 is 0.561 bits per heavy atom. The summed E-state index contributed by atoms with van der Waals surface area (Å²) in [4.78, 5) is 0. The van der Waals surface area contributed by atoms with E-state index in [0.29, 0.717) is 0 Å². The van der Waals surface area contributed by atoms with Crippen LogP contribution in [0.4, 0.5) is 5.69 Å². The summed E-state index contributed by atoms with van der Waals surface area (Å²) in [5, 5.41) is 16.1. The topological polar surface area (TPSA) is 45.3 Å². The van der Waals surface area contributed by atoms with E-state index in [-0.39, 0.29) is 18.4 Å². The van der Waals surface area contributed by atoms with Crippen LogP contribution in [0.5, 0.6) is 5.75 Å². The second-order valence-electron chi connectivity index (χ2n) is 10.7. The van der Waals surface area contributed by atoms with Gasteiger partial charge in [0, 0.05) is 16.6 Å². The molecule has 0 spiro atoms. The van der Waals surface area contributed by atoms with Crippen LogP contribution in [0.15, 0.2) is 140 Å². The van der Waals surface area contributed by atoms with Gasteiger partial charge < -0.3 is 15.4 Å². The SMILES string of the molecule is C1=C(c2ccccc2)NC(c2ccc3c(ccc4ccc5c(c43)NC(c3ccccc3)O5)c2)NC1c1ccccc1. The van der Waals surface area contributed by atoms with E-state index in [1.54, 1.807) is 0 Å². The number of ether oxygens (including phenoxy) is 1. The molecule has 3 N–H and O–H groups in total. The Labute approximate surface area is 239 Å². The van der Waals surface area contributed by atoms with Crippen molar-refractivity contribution in [1.29, 1.82) is 0 Å². The van der Waals surface area contributed by atoms with Crippen molar-refractivity contribution in [3.63, 3.8) is 0 Å². The lowest BCUT2D eigenvalue weighted by Gasteiger charge is -2.33. The molecule has 2 aliphatic heterocycles. The minimum absolute atomic E-state index is 0.0501. The highest BCUT2D eigenvalue weighted by Crippen LogP contribution is 2.45. The molecule has 4 heteroatoms. The minimum atomic E-state index is -0.194. The van der Waals surface area contributed by atoms with E-state index in [1.165, 1.54) is 38.2 Å². The molecule has 4 nitrogen and oxygen atoms in total. The highest BCUT2D eigenvalue weighted by atomic mass is 16.5. The third kappa shape index (κ3) is 4.30. The first kappa shape index (κ1) is 23.8. The van der Waals surface area contributed by atoms with Crippen LogP contribution in [-0.4, -0.2) is 0 Å². The van der Waals surface area contributed by atoms with Crippen molar-refractivity contribution in [1.82, 2.24) is 10.6 Å². The number of nitrogens with one attached hydrogen (secondary N) is 3. The number of fused-ring (bicyclic) bond motifs is 5. The van der Waals surface area contributed by atoms with E-state index in [0.717, 1.165) is 22.7 Å². The predicted molar refractivity (Wildman–Crippen MR) is 168 cm³/mol. The van der Waals surface area contributed by atoms with E-state index in [2.05, 4.69) is 137 Å². The van der Waals surface area contributed by atoms with E-state index in [9.17, 15) is 0 Å². The molecular weight excluding hydrogens is 502 g/mol. The molecule has 0 amide bonds. The second-order valence-corrected chi connectivity index (χ2v) is 10.7. The molecule has 2 heterocycles. The van der Waals surface area contributed by atoms with Gasteiger partial charge in [0.1, 0.15) is 11.9 Å². The zero-order valence-electron chi connectivity index (χ0n) is 22.4. The van der Waals surface area contributed by atoms with Crippen molar-refractivity contribution in [2.75, 3.05) is 5.32 Å². The maximum atomic E-state index is 6.34. The van der Waals surface area contributed by atoms with Gasteiger partial charge in [0.15, 0.2) is 6.23 Å². The van der Waals surface area contributed by atoms with Gasteiger partial charge in [-0.05, 0) is 51.1 Å². The average Bonchev–Trinajstić information content (AvgIpc) is 3.50. The first-order valence-corrected chi connectivity index (χ1v) is 14.1. The lowest BCUT2D eigenvalue weighted by molar-refractivity contribution is 0.260. The van der Waals surface area contributed by atoms with Gasteiger partial charge in [-0.1, -0.05) is 121 Å². The van der Waals surface area contributed by atoms with Crippen molar-refractivity contribution in [3.05, 3.63) is 162 Å². The second kappa shape index (κ2) is 9.84. The van der Waals surface area contributed by atoms with Crippen LogP contribution in [0.25, 0.3) is 27.2 Å². The van der Waals surface area contributed by atoms with Gasteiger partial charge in [-0.25, -0.2) is 0 Å². The molecule has 0 aromatic heterocycles. The molecule has 0 saturated heterocycles. The summed E-state index contributed by atoms with van der Waals surface area (Å²) in [6.45, 7) is 0. The largest absolute Gasteiger partial charge is 0.464 e. The Morgan fingerprint density at radius 3 is 2.02 bits per heavy atom. The van der Waals surface area contributed by atoms with Crippen LogP contribution < -0.4 is 20.7 Å². The van der Waals surface area contributed by atoms with E-state index in [4.69, 9.17) is 4.74 Å². The standard InChI is InChI=1S/C37H29N3O/c1-4-10-24(11-5-1)31-23-32(25-12-6-2-7-13-25)39-36(38-31)29-18-20-30-28(22-29)17-16-26-19-21-33-35(34(26)30)40-37(41-33)27-14-8-3-9-15-27/h1-23,31,36-40H. The molecule has 0 fully saturated rings. The third-order valence-corrected chi connectivity index (χ3v) is 8.17. The first-order valence-electron chi connectivity index (χ1n) is 14.1. The molecule has 198 valence electrons. The van der Waals surface area contributed by atoms with Crippen LogP contribution >= 0.6 is 0 Å². The van der Waals surface area contributed by atoms with Gasteiger partial charge >= 0.3 is 0 Å². The molecule has 6 aromatic carbocycles. The average molecular weight is 532 g/mol. The van der Waals surface area contributed by atoms with Crippen molar-refractivity contribution in [2.24, 2.45) is 0 Å². The third-order valence-electron chi connectivity index (χ3n) is 8.17. The number of anilines is 1. The molecule has 41 heavy (non-hydrogen) atoms. The molecule has 0 bridgehead atoms. The Balaban J connectivity index is 1.18.